The van der Waals surface area contributed by atoms with Gasteiger partial charge in [-0.05, 0) is 47.9 Å². The Morgan fingerprint density at radius 3 is 2.67 bits per heavy atom. The van der Waals surface area contributed by atoms with E-state index in [1.54, 1.807) is 25.3 Å². The molecule has 1 aromatic carbocycles. The van der Waals surface area contributed by atoms with Gasteiger partial charge in [-0.25, -0.2) is 0 Å². The number of aliphatic hydroxyl groups is 1. The van der Waals surface area contributed by atoms with Gasteiger partial charge in [-0.15, -0.1) is 0 Å². The van der Waals surface area contributed by atoms with Crippen LogP contribution < -0.4 is 14.8 Å². The first kappa shape index (κ1) is 19.8. The molecule has 2 amide bonds. The topological polar surface area (TPSA) is 84.9 Å². The van der Waals surface area contributed by atoms with E-state index in [2.05, 4.69) is 5.32 Å². The van der Waals surface area contributed by atoms with Crippen LogP contribution in [0.1, 0.15) is 49.7 Å². The maximum absolute atomic E-state index is 11.7. The van der Waals surface area contributed by atoms with Crippen LogP contribution in [0.3, 0.4) is 0 Å². The minimum atomic E-state index is -0.415. The smallest absolute Gasteiger partial charge is 0.290 e. The maximum Gasteiger partial charge on any atom is 0.290 e. The molecule has 0 spiro atoms. The first-order valence-electron chi connectivity index (χ1n) is 9.30. The van der Waals surface area contributed by atoms with Gasteiger partial charge in [0.2, 0.25) is 0 Å². The van der Waals surface area contributed by atoms with Gasteiger partial charge in [-0.2, -0.15) is 0 Å². The fourth-order valence-electron chi connectivity index (χ4n) is 3.58. The summed E-state index contributed by atoms with van der Waals surface area (Å²) in [6.07, 6.45) is 9.06. The van der Waals surface area contributed by atoms with E-state index in [-0.39, 0.29) is 11.8 Å². The zero-order valence-electron chi connectivity index (χ0n) is 15.5. The molecular weight excluding hydrogens is 366 g/mol. The summed E-state index contributed by atoms with van der Waals surface area (Å²) >= 11 is 0.856. The van der Waals surface area contributed by atoms with Gasteiger partial charge in [0.15, 0.2) is 11.5 Å². The standard InChI is InChI=1S/C20H25NO5S/c1-25-16-10-14(11-17-19(23)21-20(24)27-17)9-15(12-22)18(16)26-8-7-13-5-3-2-4-6-13/h9-11,13,22H,2-8,12H2,1H3,(H,21,23,24)/b17-11-. The van der Waals surface area contributed by atoms with Crippen molar-refractivity contribution in [2.45, 2.75) is 45.1 Å². The van der Waals surface area contributed by atoms with Crippen molar-refractivity contribution in [1.82, 2.24) is 5.32 Å². The van der Waals surface area contributed by atoms with E-state index in [4.69, 9.17) is 9.47 Å². The number of aliphatic hydroxyl groups excluding tert-OH is 1. The molecule has 0 aromatic heterocycles. The predicted octanol–water partition coefficient (Wildman–Crippen LogP) is 3.86. The van der Waals surface area contributed by atoms with Crippen LogP contribution in [-0.4, -0.2) is 30.0 Å². The van der Waals surface area contributed by atoms with Crippen LogP contribution >= 0.6 is 11.8 Å². The third kappa shape index (κ3) is 5.05. The van der Waals surface area contributed by atoms with Gasteiger partial charge in [0, 0.05) is 5.56 Å². The lowest BCUT2D eigenvalue weighted by atomic mass is 9.87. The highest BCUT2D eigenvalue weighted by Crippen LogP contribution is 2.36. The molecule has 7 heteroatoms. The Morgan fingerprint density at radius 1 is 1.26 bits per heavy atom. The molecule has 146 valence electrons. The van der Waals surface area contributed by atoms with E-state index in [0.717, 1.165) is 18.2 Å². The van der Waals surface area contributed by atoms with Crippen molar-refractivity contribution in [3.05, 3.63) is 28.2 Å². The molecule has 3 rings (SSSR count). The number of carbonyl (C=O) groups is 2. The third-order valence-corrected chi connectivity index (χ3v) is 5.79. The SMILES string of the molecule is COc1cc(/C=C2\SC(=O)NC2=O)cc(CO)c1OCCC1CCCCC1. The van der Waals surface area contributed by atoms with E-state index in [9.17, 15) is 14.7 Å². The van der Waals surface area contributed by atoms with Gasteiger partial charge >= 0.3 is 0 Å². The van der Waals surface area contributed by atoms with Crippen molar-refractivity contribution in [3.8, 4) is 11.5 Å². The molecule has 0 atom stereocenters. The second kappa shape index (κ2) is 9.28. The van der Waals surface area contributed by atoms with Gasteiger partial charge in [-0.1, -0.05) is 32.1 Å². The van der Waals surface area contributed by atoms with Crippen LogP contribution in [0, 0.1) is 5.92 Å². The Labute approximate surface area is 163 Å². The van der Waals surface area contributed by atoms with Crippen molar-refractivity contribution >= 4 is 29.0 Å². The third-order valence-electron chi connectivity index (χ3n) is 4.98. The van der Waals surface area contributed by atoms with Crippen LogP contribution in [0.15, 0.2) is 17.0 Å². The van der Waals surface area contributed by atoms with Crippen molar-refractivity contribution in [1.29, 1.82) is 0 Å². The van der Waals surface area contributed by atoms with Gasteiger partial charge in [0.25, 0.3) is 11.1 Å². The Balaban J connectivity index is 1.74. The molecule has 27 heavy (non-hydrogen) atoms. The summed E-state index contributed by atoms with van der Waals surface area (Å²) in [6, 6.07) is 3.50. The minimum Gasteiger partial charge on any atom is -0.493 e. The van der Waals surface area contributed by atoms with Crippen molar-refractivity contribution in [3.63, 3.8) is 0 Å². The Kier molecular flexibility index (Phi) is 6.79. The Hall–Kier alpha value is -1.99. The van der Waals surface area contributed by atoms with Gasteiger partial charge in [-0.3, -0.25) is 14.9 Å². The molecule has 1 saturated heterocycles. The number of amides is 2. The normalized spacial score (nSPS) is 19.4. The molecule has 1 aromatic rings. The van der Waals surface area contributed by atoms with Crippen molar-refractivity contribution in [2.75, 3.05) is 13.7 Å². The molecule has 2 aliphatic rings. The second-order valence-electron chi connectivity index (χ2n) is 6.86. The van der Waals surface area contributed by atoms with E-state index in [1.807, 2.05) is 0 Å². The minimum absolute atomic E-state index is 0.204. The highest BCUT2D eigenvalue weighted by molar-refractivity contribution is 8.18. The van der Waals surface area contributed by atoms with Crippen LogP contribution in [0.2, 0.25) is 0 Å². The fraction of sp³-hybridized carbons (Fsp3) is 0.500. The monoisotopic (exact) mass is 391 g/mol. The Bertz CT molecular complexity index is 715. The average Bonchev–Trinajstić information content (AvgIpc) is 2.99. The largest absolute Gasteiger partial charge is 0.493 e. The molecule has 0 radical (unpaired) electrons. The summed E-state index contributed by atoms with van der Waals surface area (Å²) in [7, 11) is 1.54. The second-order valence-corrected chi connectivity index (χ2v) is 7.88. The fourth-order valence-corrected chi connectivity index (χ4v) is 4.26. The number of hydrogen-bond acceptors (Lipinski definition) is 6. The van der Waals surface area contributed by atoms with Crippen LogP contribution in [0.5, 0.6) is 11.5 Å². The number of benzene rings is 1. The van der Waals surface area contributed by atoms with Crippen molar-refractivity contribution < 1.29 is 24.2 Å². The van der Waals surface area contributed by atoms with Crippen LogP contribution in [-0.2, 0) is 11.4 Å². The first-order chi connectivity index (χ1) is 13.1. The summed E-state index contributed by atoms with van der Waals surface area (Å²) in [6.45, 7) is 0.381. The molecule has 0 bridgehead atoms. The van der Waals surface area contributed by atoms with E-state index in [0.29, 0.717) is 40.1 Å². The molecule has 2 N–H and O–H groups in total. The molecule has 6 nitrogen and oxygen atoms in total. The molecule has 1 saturated carbocycles. The number of nitrogens with one attached hydrogen (secondary N) is 1. The predicted molar refractivity (Wildman–Crippen MR) is 105 cm³/mol. The molecule has 1 heterocycles. The average molecular weight is 391 g/mol. The lowest BCUT2D eigenvalue weighted by Gasteiger charge is -2.22. The van der Waals surface area contributed by atoms with Crippen LogP contribution in [0.25, 0.3) is 6.08 Å². The highest BCUT2D eigenvalue weighted by atomic mass is 32.2. The van der Waals surface area contributed by atoms with E-state index < -0.39 is 5.91 Å². The number of carbonyl (C=O) groups excluding carboxylic acids is 2. The molecule has 0 unspecified atom stereocenters. The highest BCUT2D eigenvalue weighted by Gasteiger charge is 2.25. The maximum atomic E-state index is 11.7. The van der Waals surface area contributed by atoms with Gasteiger partial charge < -0.3 is 14.6 Å². The number of rotatable bonds is 7. The van der Waals surface area contributed by atoms with Crippen LogP contribution in [0.4, 0.5) is 4.79 Å². The quantitative estimate of drug-likeness (QED) is 0.687. The summed E-state index contributed by atoms with van der Waals surface area (Å²) in [5.74, 6) is 1.34. The van der Waals surface area contributed by atoms with E-state index >= 15 is 0 Å². The number of ether oxygens (including phenoxy) is 2. The number of methoxy groups -OCH3 is 1. The molecular formula is C20H25NO5S. The summed E-state index contributed by atoms with van der Waals surface area (Å²) in [4.78, 5) is 23.4. The zero-order chi connectivity index (χ0) is 19.2. The number of hydrogen-bond donors (Lipinski definition) is 2. The first-order valence-corrected chi connectivity index (χ1v) is 10.1. The van der Waals surface area contributed by atoms with E-state index in [1.165, 1.54) is 32.1 Å². The number of imide groups is 1. The van der Waals surface area contributed by atoms with Gasteiger partial charge in [0.05, 0.1) is 25.2 Å². The molecule has 2 fully saturated rings. The zero-order valence-corrected chi connectivity index (χ0v) is 16.3. The Morgan fingerprint density at radius 2 is 2.04 bits per heavy atom. The lowest BCUT2D eigenvalue weighted by molar-refractivity contribution is -0.115. The number of thioether (sulfide) groups is 1. The molecule has 1 aliphatic carbocycles. The lowest BCUT2D eigenvalue weighted by Crippen LogP contribution is -2.17. The molecule has 1 aliphatic heterocycles. The van der Waals surface area contributed by atoms with Crippen molar-refractivity contribution in [2.24, 2.45) is 5.92 Å². The van der Waals surface area contributed by atoms with Gasteiger partial charge in [0.1, 0.15) is 0 Å². The summed E-state index contributed by atoms with van der Waals surface area (Å²) < 4.78 is 11.4. The summed E-state index contributed by atoms with van der Waals surface area (Å²) in [5.41, 5.74) is 1.27. The summed E-state index contributed by atoms with van der Waals surface area (Å²) in [5, 5.41) is 11.6.